The summed E-state index contributed by atoms with van der Waals surface area (Å²) in [5, 5.41) is 0. The van der Waals surface area contributed by atoms with E-state index in [-0.39, 0.29) is 5.78 Å². The van der Waals surface area contributed by atoms with Crippen LogP contribution >= 0.6 is 0 Å². The molecule has 19 heavy (non-hydrogen) atoms. The van der Waals surface area contributed by atoms with Gasteiger partial charge in [0.25, 0.3) is 0 Å². The molecule has 3 heteroatoms. The van der Waals surface area contributed by atoms with Crippen molar-refractivity contribution in [1.29, 1.82) is 0 Å². The van der Waals surface area contributed by atoms with E-state index in [2.05, 4.69) is 35.9 Å². The van der Waals surface area contributed by atoms with Gasteiger partial charge in [-0.15, -0.1) is 0 Å². The zero-order chi connectivity index (χ0) is 13.8. The van der Waals surface area contributed by atoms with Crippen molar-refractivity contribution in [3.63, 3.8) is 0 Å². The largest absolute Gasteiger partial charge is 0.367 e. The van der Waals surface area contributed by atoms with E-state index < -0.39 is 0 Å². The number of hydrogen-bond acceptors (Lipinski definition) is 3. The molecular weight excluding hydrogens is 236 g/mol. The van der Waals surface area contributed by atoms with Crippen molar-refractivity contribution in [2.75, 3.05) is 31.6 Å². The van der Waals surface area contributed by atoms with Crippen molar-refractivity contribution in [1.82, 2.24) is 4.90 Å². The van der Waals surface area contributed by atoms with E-state index in [9.17, 15) is 4.79 Å². The van der Waals surface area contributed by atoms with Gasteiger partial charge in [-0.2, -0.15) is 0 Å². The van der Waals surface area contributed by atoms with Gasteiger partial charge in [0.05, 0.1) is 0 Å². The molecule has 0 aromatic heterocycles. The predicted molar refractivity (Wildman–Crippen MR) is 80.0 cm³/mol. The van der Waals surface area contributed by atoms with Gasteiger partial charge in [-0.05, 0) is 51.2 Å². The van der Waals surface area contributed by atoms with Gasteiger partial charge in [-0.25, -0.2) is 0 Å². The van der Waals surface area contributed by atoms with E-state index >= 15 is 0 Å². The van der Waals surface area contributed by atoms with Gasteiger partial charge >= 0.3 is 0 Å². The summed E-state index contributed by atoms with van der Waals surface area (Å²) in [4.78, 5) is 16.5. The molecule has 1 aromatic rings. The average molecular weight is 260 g/mol. The number of rotatable bonds is 3. The van der Waals surface area contributed by atoms with Gasteiger partial charge in [0.1, 0.15) is 0 Å². The molecule has 3 nitrogen and oxygen atoms in total. The Morgan fingerprint density at radius 2 is 1.95 bits per heavy atom. The Hall–Kier alpha value is -1.35. The fraction of sp³-hybridized carbons (Fsp3) is 0.562. The highest BCUT2D eigenvalue weighted by Crippen LogP contribution is 2.21. The third kappa shape index (κ3) is 3.35. The molecule has 1 aliphatic heterocycles. The summed E-state index contributed by atoms with van der Waals surface area (Å²) < 4.78 is 0. The lowest BCUT2D eigenvalue weighted by Gasteiger charge is -2.30. The Bertz CT molecular complexity index is 427. The highest BCUT2D eigenvalue weighted by Gasteiger charge is 2.19. The van der Waals surface area contributed by atoms with Crippen LogP contribution in [0.15, 0.2) is 24.3 Å². The quantitative estimate of drug-likeness (QED) is 0.781. The number of carbonyl (C=O) groups is 1. The molecule has 0 bridgehead atoms. The lowest BCUT2D eigenvalue weighted by Crippen LogP contribution is -2.37. The van der Waals surface area contributed by atoms with Crippen LogP contribution < -0.4 is 4.90 Å². The van der Waals surface area contributed by atoms with Crippen LogP contribution in [0.2, 0.25) is 0 Å². The molecule has 0 aliphatic carbocycles. The first-order valence-electron chi connectivity index (χ1n) is 7.20. The summed E-state index contributed by atoms with van der Waals surface area (Å²) in [6, 6.07) is 8.61. The zero-order valence-electron chi connectivity index (χ0n) is 12.2. The van der Waals surface area contributed by atoms with Crippen LogP contribution in [0.1, 0.15) is 37.0 Å². The maximum atomic E-state index is 11.6. The Morgan fingerprint density at radius 3 is 2.58 bits per heavy atom. The summed E-state index contributed by atoms with van der Waals surface area (Å²) >= 11 is 0. The molecular formula is C16H24N2O. The third-order valence-corrected chi connectivity index (χ3v) is 3.89. The summed E-state index contributed by atoms with van der Waals surface area (Å²) in [5.41, 5.74) is 2.06. The van der Waals surface area contributed by atoms with Crippen molar-refractivity contribution in [2.45, 2.75) is 32.7 Å². The number of ketones is 1. The third-order valence-electron chi connectivity index (χ3n) is 3.89. The molecule has 1 atom stereocenters. The van der Waals surface area contributed by atoms with E-state index in [1.807, 2.05) is 19.1 Å². The molecule has 104 valence electrons. The lowest BCUT2D eigenvalue weighted by molar-refractivity contribution is 0.0988. The van der Waals surface area contributed by atoms with Crippen LogP contribution in [0, 0.1) is 0 Å². The highest BCUT2D eigenvalue weighted by molar-refractivity contribution is 5.96. The van der Waals surface area contributed by atoms with Crippen molar-refractivity contribution in [3.8, 4) is 0 Å². The first-order chi connectivity index (χ1) is 9.11. The minimum Gasteiger partial charge on any atom is -0.367 e. The average Bonchev–Trinajstić information content (AvgIpc) is 2.58. The molecule has 0 radical (unpaired) electrons. The van der Waals surface area contributed by atoms with Crippen molar-refractivity contribution in [3.05, 3.63) is 29.8 Å². The fourth-order valence-corrected chi connectivity index (χ4v) is 2.80. The standard InChI is InChI=1S/C16H24N2O/c1-4-16(19)14-6-8-15(9-7-14)18-11-5-10-17(3)12-13(18)2/h6-9,13H,4-5,10-12H2,1-3H3. The van der Waals surface area contributed by atoms with Crippen molar-refractivity contribution >= 4 is 11.5 Å². The SMILES string of the molecule is CCC(=O)c1ccc(N2CCCN(C)CC2C)cc1. The maximum absolute atomic E-state index is 11.6. The van der Waals surface area contributed by atoms with Gasteiger partial charge in [0.2, 0.25) is 0 Å². The minimum absolute atomic E-state index is 0.218. The lowest BCUT2D eigenvalue weighted by atomic mass is 10.1. The molecule has 0 amide bonds. The molecule has 0 N–H and O–H groups in total. The normalized spacial score (nSPS) is 21.2. The minimum atomic E-state index is 0.218. The second-order valence-corrected chi connectivity index (χ2v) is 5.48. The van der Waals surface area contributed by atoms with Gasteiger partial charge in [-0.3, -0.25) is 4.79 Å². The van der Waals surface area contributed by atoms with Gasteiger partial charge < -0.3 is 9.80 Å². The monoisotopic (exact) mass is 260 g/mol. The Morgan fingerprint density at radius 1 is 1.26 bits per heavy atom. The topological polar surface area (TPSA) is 23.6 Å². The predicted octanol–water partition coefficient (Wildman–Crippen LogP) is 2.81. The van der Waals surface area contributed by atoms with E-state index in [0.29, 0.717) is 12.5 Å². The van der Waals surface area contributed by atoms with E-state index in [0.717, 1.165) is 25.2 Å². The number of carbonyl (C=O) groups excluding carboxylic acids is 1. The van der Waals surface area contributed by atoms with Crippen molar-refractivity contribution in [2.24, 2.45) is 0 Å². The zero-order valence-corrected chi connectivity index (χ0v) is 12.2. The van der Waals surface area contributed by atoms with Crippen LogP contribution in [0.25, 0.3) is 0 Å². The Kier molecular flexibility index (Phi) is 4.59. The van der Waals surface area contributed by atoms with Gasteiger partial charge in [0.15, 0.2) is 5.78 Å². The number of anilines is 1. The van der Waals surface area contributed by atoms with Crippen LogP contribution in [-0.4, -0.2) is 43.4 Å². The van der Waals surface area contributed by atoms with E-state index in [1.54, 1.807) is 0 Å². The van der Waals surface area contributed by atoms with Crippen LogP contribution in [-0.2, 0) is 0 Å². The summed E-state index contributed by atoms with van der Waals surface area (Å²) in [5.74, 6) is 0.218. The number of hydrogen-bond donors (Lipinski definition) is 0. The number of Topliss-reactive ketones (excluding diaryl/α,β-unsaturated/α-hetero) is 1. The maximum Gasteiger partial charge on any atom is 0.162 e. The summed E-state index contributed by atoms with van der Waals surface area (Å²) in [7, 11) is 2.18. The number of benzene rings is 1. The van der Waals surface area contributed by atoms with Crippen molar-refractivity contribution < 1.29 is 4.79 Å². The second kappa shape index (κ2) is 6.20. The van der Waals surface area contributed by atoms with E-state index in [4.69, 9.17) is 0 Å². The molecule has 1 unspecified atom stereocenters. The molecule has 1 saturated heterocycles. The Labute approximate surface area is 116 Å². The first-order valence-corrected chi connectivity index (χ1v) is 7.20. The van der Waals surface area contributed by atoms with Crippen LogP contribution in [0.4, 0.5) is 5.69 Å². The molecule has 1 heterocycles. The summed E-state index contributed by atoms with van der Waals surface area (Å²) in [6.07, 6.45) is 1.76. The van der Waals surface area contributed by atoms with Gasteiger partial charge in [0, 0.05) is 36.8 Å². The van der Waals surface area contributed by atoms with Crippen LogP contribution in [0.5, 0.6) is 0 Å². The summed E-state index contributed by atoms with van der Waals surface area (Å²) in [6.45, 7) is 7.52. The first kappa shape index (κ1) is 14.1. The second-order valence-electron chi connectivity index (χ2n) is 5.48. The smallest absolute Gasteiger partial charge is 0.162 e. The fourth-order valence-electron chi connectivity index (χ4n) is 2.80. The molecule has 2 rings (SSSR count). The highest BCUT2D eigenvalue weighted by atomic mass is 16.1. The number of likely N-dealkylation sites (N-methyl/N-ethyl adjacent to an activating group) is 1. The number of nitrogens with zero attached hydrogens (tertiary/aromatic N) is 2. The molecule has 1 aliphatic rings. The van der Waals surface area contributed by atoms with Gasteiger partial charge in [-0.1, -0.05) is 6.92 Å². The van der Waals surface area contributed by atoms with Crippen LogP contribution in [0.3, 0.4) is 0 Å². The molecule has 0 saturated carbocycles. The molecule has 1 aromatic carbocycles. The molecule has 0 spiro atoms. The molecule has 1 fully saturated rings. The van der Waals surface area contributed by atoms with E-state index in [1.165, 1.54) is 12.1 Å². The Balaban J connectivity index is 2.14.